The van der Waals surface area contributed by atoms with E-state index in [0.29, 0.717) is 52.0 Å². The van der Waals surface area contributed by atoms with E-state index in [2.05, 4.69) is 10.3 Å². The Balaban J connectivity index is 1.40. The van der Waals surface area contributed by atoms with Crippen LogP contribution in [0.3, 0.4) is 0 Å². The quantitative estimate of drug-likeness (QED) is 0.189. The molecule has 4 aromatic rings. The average molecular weight is 697 g/mol. The lowest BCUT2D eigenvalue weighted by Gasteiger charge is -2.32. The minimum atomic E-state index is -1.32. The number of hydrogen-bond donors (Lipinski definition) is 3. The van der Waals surface area contributed by atoms with Crippen LogP contribution in [0.5, 0.6) is 0 Å². The number of carbonyl (C=O) groups excluding carboxylic acids is 2. The normalized spacial score (nSPS) is 20.3. The summed E-state index contributed by atoms with van der Waals surface area (Å²) in [6.07, 6.45) is -1.71. The molecule has 6 rings (SSSR count). The van der Waals surface area contributed by atoms with Crippen molar-refractivity contribution in [2.75, 3.05) is 13.1 Å². The largest absolute Gasteiger partial charge is 0.465 e. The van der Waals surface area contributed by atoms with Crippen LogP contribution < -0.4 is 5.32 Å². The Morgan fingerprint density at radius 2 is 1.80 bits per heavy atom. The highest BCUT2D eigenvalue weighted by atomic mass is 19.1. The zero-order chi connectivity index (χ0) is 36.1. The summed E-state index contributed by atoms with van der Waals surface area (Å²) in [5, 5.41) is 13.2. The van der Waals surface area contributed by atoms with Crippen molar-refractivity contribution in [2.24, 2.45) is 5.92 Å². The summed E-state index contributed by atoms with van der Waals surface area (Å²) >= 11 is 0. The predicted octanol–water partition coefficient (Wildman–Crippen LogP) is 6.64. The molecule has 0 radical (unpaired) electrons. The molecule has 2 aromatic carbocycles. The Kier molecular flexibility index (Phi) is 9.49. The van der Waals surface area contributed by atoms with Gasteiger partial charge in [0, 0.05) is 48.6 Å². The van der Waals surface area contributed by atoms with Gasteiger partial charge in [0.15, 0.2) is 5.82 Å². The van der Waals surface area contributed by atoms with Crippen molar-refractivity contribution in [1.82, 2.24) is 29.7 Å². The Morgan fingerprint density at radius 1 is 1.08 bits per heavy atom. The third-order valence-electron chi connectivity index (χ3n) is 9.51. The van der Waals surface area contributed by atoms with Crippen LogP contribution in [0.2, 0.25) is 0 Å². The van der Waals surface area contributed by atoms with Crippen LogP contribution in [0.1, 0.15) is 59.4 Å². The van der Waals surface area contributed by atoms with Crippen molar-refractivity contribution < 1.29 is 37.4 Å². The van der Waals surface area contributed by atoms with Crippen LogP contribution in [0, 0.1) is 17.6 Å². The number of halogens is 3. The van der Waals surface area contributed by atoms with Crippen LogP contribution in [0.25, 0.3) is 33.5 Å². The van der Waals surface area contributed by atoms with E-state index >= 15 is 0 Å². The van der Waals surface area contributed by atoms with E-state index in [-0.39, 0.29) is 43.8 Å². The van der Waals surface area contributed by atoms with Crippen molar-refractivity contribution in [1.29, 1.82) is 0 Å². The van der Waals surface area contributed by atoms with Gasteiger partial charge in [0.2, 0.25) is 5.91 Å². The Morgan fingerprint density at radius 3 is 2.50 bits per heavy atom. The topological polar surface area (TPSA) is 133 Å². The summed E-state index contributed by atoms with van der Waals surface area (Å²) in [5.74, 6) is -1.06. The Hall–Kier alpha value is -4.75. The molecule has 2 saturated heterocycles. The first kappa shape index (κ1) is 35.1. The third-order valence-corrected chi connectivity index (χ3v) is 9.51. The smallest absolute Gasteiger partial charge is 0.408 e. The molecule has 0 saturated carbocycles. The fourth-order valence-corrected chi connectivity index (χ4v) is 7.29. The molecule has 0 aliphatic carbocycles. The fraction of sp³-hybridized carbons (Fsp3) is 0.500. The molecule has 4 heterocycles. The van der Waals surface area contributed by atoms with Crippen LogP contribution in [-0.4, -0.2) is 90.5 Å². The second kappa shape index (κ2) is 13.5. The second-order valence-electron chi connectivity index (χ2n) is 14.7. The molecule has 2 aliphatic heterocycles. The fourth-order valence-electron chi connectivity index (χ4n) is 7.29. The molecule has 3 amide bonds. The maximum absolute atomic E-state index is 14.5. The minimum absolute atomic E-state index is 0.00866. The predicted molar refractivity (Wildman–Crippen MR) is 181 cm³/mol. The lowest BCUT2D eigenvalue weighted by atomic mass is 10.00. The number of H-pyrrole nitrogens is 1. The number of rotatable bonds is 8. The Labute approximate surface area is 287 Å². The molecule has 50 heavy (non-hydrogen) atoms. The molecular formula is C36H43F3N6O5. The number of aromatic nitrogens is 3. The zero-order valence-corrected chi connectivity index (χ0v) is 28.8. The summed E-state index contributed by atoms with van der Waals surface area (Å²) in [6, 6.07) is 6.66. The SMILES string of the molecule is CC(C)[C@H](NC(=O)OC(C)(C)C)C(=O)N1CCC[C@H]1Cn1c(-c2[nH]c3cc(F)ccc3c2C[C@@H]2C[C@H](F)CN2C(=O)O)nc2cc(F)ccc21. The molecule has 2 fully saturated rings. The first-order valence-electron chi connectivity index (χ1n) is 17.0. The molecule has 11 nitrogen and oxygen atoms in total. The average Bonchev–Trinajstić information content (AvgIpc) is 3.79. The van der Waals surface area contributed by atoms with Gasteiger partial charge in [0.1, 0.15) is 29.4 Å². The number of hydrogen-bond acceptors (Lipinski definition) is 5. The van der Waals surface area contributed by atoms with Gasteiger partial charge in [-0.05, 0) is 81.8 Å². The number of imidazole rings is 1. The molecule has 4 atom stereocenters. The van der Waals surface area contributed by atoms with Gasteiger partial charge in [-0.3, -0.25) is 4.79 Å². The van der Waals surface area contributed by atoms with E-state index in [0.717, 1.165) is 11.3 Å². The first-order chi connectivity index (χ1) is 23.6. The van der Waals surface area contributed by atoms with Crippen molar-refractivity contribution in [3.8, 4) is 11.5 Å². The lowest BCUT2D eigenvalue weighted by Crippen LogP contribution is -2.53. The van der Waals surface area contributed by atoms with Gasteiger partial charge in [0.05, 0.1) is 23.3 Å². The molecule has 2 aliphatic rings. The molecule has 0 spiro atoms. The van der Waals surface area contributed by atoms with Crippen molar-refractivity contribution in [3.63, 3.8) is 0 Å². The summed E-state index contributed by atoms with van der Waals surface area (Å²) in [5.41, 5.74) is 1.76. The number of fused-ring (bicyclic) bond motifs is 2. The third kappa shape index (κ3) is 7.10. The van der Waals surface area contributed by atoms with Gasteiger partial charge in [-0.15, -0.1) is 0 Å². The lowest BCUT2D eigenvalue weighted by molar-refractivity contribution is -0.135. The van der Waals surface area contributed by atoms with E-state index in [4.69, 9.17) is 9.72 Å². The van der Waals surface area contributed by atoms with Crippen molar-refractivity contribution in [3.05, 3.63) is 53.6 Å². The van der Waals surface area contributed by atoms with Crippen LogP contribution in [0.4, 0.5) is 22.8 Å². The van der Waals surface area contributed by atoms with E-state index < -0.39 is 47.7 Å². The number of alkyl carbamates (subject to hydrolysis) is 1. The van der Waals surface area contributed by atoms with E-state index in [1.54, 1.807) is 37.8 Å². The van der Waals surface area contributed by atoms with Gasteiger partial charge in [0.25, 0.3) is 0 Å². The number of nitrogens with zero attached hydrogens (tertiary/aromatic N) is 4. The molecule has 3 N–H and O–H groups in total. The monoisotopic (exact) mass is 696 g/mol. The summed E-state index contributed by atoms with van der Waals surface area (Å²) in [6.45, 7) is 9.43. The second-order valence-corrected chi connectivity index (χ2v) is 14.7. The molecule has 14 heteroatoms. The van der Waals surface area contributed by atoms with Crippen molar-refractivity contribution in [2.45, 2.75) is 96.7 Å². The Bertz CT molecular complexity index is 1930. The minimum Gasteiger partial charge on any atom is -0.465 e. The van der Waals surface area contributed by atoms with Crippen LogP contribution in [-0.2, 0) is 22.5 Å². The standard InChI is InChI=1S/C36H43F3N6O5/c1-19(2)30(42-34(47)50-36(3,4)5)33(46)43-12-6-7-23(43)18-45-29-11-9-21(38)15-28(29)41-32(45)31-26(25-10-8-20(37)14-27(25)40-31)16-24-13-22(39)17-44(24)35(48)49/h8-11,14-15,19,22-24,30,40H,6-7,12-13,16-18H2,1-5H3,(H,42,47)(H,48,49)/t22-,23-,24-,30-/m0/s1. The highest BCUT2D eigenvalue weighted by Crippen LogP contribution is 2.37. The number of nitrogens with one attached hydrogen (secondary N) is 2. The number of likely N-dealkylation sites (tertiary alicyclic amines) is 2. The number of aromatic amines is 1. The zero-order valence-electron chi connectivity index (χ0n) is 28.8. The maximum atomic E-state index is 14.5. The van der Waals surface area contributed by atoms with E-state index in [1.165, 1.54) is 24.3 Å². The summed E-state index contributed by atoms with van der Waals surface area (Å²) in [7, 11) is 0. The molecular weight excluding hydrogens is 653 g/mol. The number of benzene rings is 2. The summed E-state index contributed by atoms with van der Waals surface area (Å²) in [4.78, 5) is 49.7. The first-order valence-corrected chi connectivity index (χ1v) is 17.0. The number of amides is 3. The maximum Gasteiger partial charge on any atom is 0.408 e. The molecule has 2 aromatic heterocycles. The number of alkyl halides is 1. The number of carboxylic acid groups (broad SMARTS) is 1. The van der Waals surface area contributed by atoms with Gasteiger partial charge in [-0.2, -0.15) is 0 Å². The van der Waals surface area contributed by atoms with Crippen LogP contribution in [0.15, 0.2) is 36.4 Å². The molecule has 0 unspecified atom stereocenters. The highest BCUT2D eigenvalue weighted by Gasteiger charge is 2.39. The van der Waals surface area contributed by atoms with Gasteiger partial charge < -0.3 is 34.5 Å². The highest BCUT2D eigenvalue weighted by molar-refractivity contribution is 5.92. The van der Waals surface area contributed by atoms with E-state index in [1.807, 2.05) is 18.4 Å². The van der Waals surface area contributed by atoms with Gasteiger partial charge in [-0.1, -0.05) is 13.8 Å². The van der Waals surface area contributed by atoms with E-state index in [9.17, 15) is 32.7 Å². The van der Waals surface area contributed by atoms with Crippen molar-refractivity contribution >= 4 is 40.0 Å². The number of carbonyl (C=O) groups is 3. The molecule has 268 valence electrons. The van der Waals surface area contributed by atoms with Gasteiger partial charge in [-0.25, -0.2) is 27.7 Å². The van der Waals surface area contributed by atoms with Crippen LogP contribution >= 0.6 is 0 Å². The molecule has 0 bridgehead atoms. The number of ether oxygens (including phenoxy) is 1. The summed E-state index contributed by atoms with van der Waals surface area (Å²) < 4.78 is 50.9. The van der Waals surface area contributed by atoms with Gasteiger partial charge >= 0.3 is 12.2 Å².